The molecule has 0 saturated carbocycles. The summed E-state index contributed by atoms with van der Waals surface area (Å²) < 4.78 is 5.35. The van der Waals surface area contributed by atoms with Crippen molar-refractivity contribution >= 4 is 17.5 Å². The molecule has 1 heterocycles. The van der Waals surface area contributed by atoms with Gasteiger partial charge in [-0.1, -0.05) is 24.3 Å². The maximum atomic E-state index is 11.7. The van der Waals surface area contributed by atoms with E-state index in [0.29, 0.717) is 25.9 Å². The van der Waals surface area contributed by atoms with Crippen LogP contribution in [0.5, 0.6) is 5.75 Å². The lowest BCUT2D eigenvalue weighted by Gasteiger charge is -2.14. The van der Waals surface area contributed by atoms with Crippen LogP contribution in [0.3, 0.4) is 0 Å². The van der Waals surface area contributed by atoms with Crippen LogP contribution >= 0.6 is 0 Å². The molecule has 25 heavy (non-hydrogen) atoms. The van der Waals surface area contributed by atoms with Crippen molar-refractivity contribution in [1.82, 2.24) is 4.90 Å². The second kappa shape index (κ2) is 7.38. The maximum absolute atomic E-state index is 11.7. The molecule has 0 bridgehead atoms. The van der Waals surface area contributed by atoms with E-state index < -0.39 is 0 Å². The Kier molecular flexibility index (Phi) is 5.03. The lowest BCUT2D eigenvalue weighted by atomic mass is 10.1. The lowest BCUT2D eigenvalue weighted by Crippen LogP contribution is -2.28. The van der Waals surface area contributed by atoms with Crippen molar-refractivity contribution in [3.05, 3.63) is 59.2 Å². The standard InChI is InChI=1S/C20H22N2O3/c1-14-3-4-16(11-18(14)25-2)12-21-17-7-5-15(6-8-17)13-22-19(23)9-10-20(22)24/h3-8,11,21H,9-10,12-13H2,1-2H3. The molecule has 1 N–H and O–H groups in total. The number of ether oxygens (including phenoxy) is 1. The number of imide groups is 1. The van der Waals surface area contributed by atoms with E-state index in [-0.39, 0.29) is 11.8 Å². The minimum atomic E-state index is -0.0829. The van der Waals surface area contributed by atoms with Gasteiger partial charge in [0.05, 0.1) is 13.7 Å². The van der Waals surface area contributed by atoms with Crippen molar-refractivity contribution in [2.45, 2.75) is 32.9 Å². The summed E-state index contributed by atoms with van der Waals surface area (Å²) in [5.41, 5.74) is 4.19. The highest BCUT2D eigenvalue weighted by Gasteiger charge is 2.28. The minimum absolute atomic E-state index is 0.0829. The fourth-order valence-corrected chi connectivity index (χ4v) is 2.89. The number of carbonyl (C=O) groups is 2. The van der Waals surface area contributed by atoms with Crippen LogP contribution < -0.4 is 10.1 Å². The fourth-order valence-electron chi connectivity index (χ4n) is 2.89. The molecular formula is C20H22N2O3. The van der Waals surface area contributed by atoms with Gasteiger partial charge in [-0.05, 0) is 41.8 Å². The maximum Gasteiger partial charge on any atom is 0.229 e. The van der Waals surface area contributed by atoms with Crippen LogP contribution in [-0.2, 0) is 22.7 Å². The smallest absolute Gasteiger partial charge is 0.229 e. The molecule has 5 heteroatoms. The van der Waals surface area contributed by atoms with E-state index in [1.807, 2.05) is 43.3 Å². The normalized spacial score (nSPS) is 14.1. The first kappa shape index (κ1) is 17.0. The summed E-state index contributed by atoms with van der Waals surface area (Å²) in [5.74, 6) is 0.718. The number of amides is 2. The van der Waals surface area contributed by atoms with E-state index in [0.717, 1.165) is 28.1 Å². The Labute approximate surface area is 147 Å². The number of nitrogens with zero attached hydrogens (tertiary/aromatic N) is 1. The fraction of sp³-hybridized carbons (Fsp3) is 0.300. The number of anilines is 1. The quantitative estimate of drug-likeness (QED) is 0.821. The van der Waals surface area contributed by atoms with Crippen molar-refractivity contribution in [3.8, 4) is 5.75 Å². The zero-order chi connectivity index (χ0) is 17.8. The van der Waals surface area contributed by atoms with Crippen LogP contribution in [0, 0.1) is 6.92 Å². The summed E-state index contributed by atoms with van der Waals surface area (Å²) >= 11 is 0. The van der Waals surface area contributed by atoms with Gasteiger partial charge in [-0.15, -0.1) is 0 Å². The summed E-state index contributed by atoms with van der Waals surface area (Å²) in [5, 5.41) is 3.37. The number of nitrogens with one attached hydrogen (secondary N) is 1. The number of hydrogen-bond acceptors (Lipinski definition) is 4. The first-order chi connectivity index (χ1) is 12.1. The summed E-state index contributed by atoms with van der Waals surface area (Å²) in [6.45, 7) is 3.07. The molecule has 1 aliphatic heterocycles. The molecule has 2 aromatic carbocycles. The Bertz CT molecular complexity index is 768. The highest BCUT2D eigenvalue weighted by molar-refractivity contribution is 6.01. The van der Waals surface area contributed by atoms with Gasteiger partial charge in [0.2, 0.25) is 11.8 Å². The van der Waals surface area contributed by atoms with Gasteiger partial charge in [0.1, 0.15) is 5.75 Å². The molecule has 1 fully saturated rings. The Morgan fingerprint density at radius 3 is 2.28 bits per heavy atom. The molecule has 0 aliphatic carbocycles. The van der Waals surface area contributed by atoms with Gasteiger partial charge in [-0.2, -0.15) is 0 Å². The van der Waals surface area contributed by atoms with Crippen LogP contribution in [0.15, 0.2) is 42.5 Å². The average Bonchev–Trinajstić information content (AvgIpc) is 2.94. The van der Waals surface area contributed by atoms with Crippen LogP contribution in [-0.4, -0.2) is 23.8 Å². The predicted molar refractivity (Wildman–Crippen MR) is 96.3 cm³/mol. The van der Waals surface area contributed by atoms with E-state index in [2.05, 4.69) is 11.4 Å². The molecule has 1 saturated heterocycles. The summed E-state index contributed by atoms with van der Waals surface area (Å²) in [7, 11) is 1.67. The SMILES string of the molecule is COc1cc(CNc2ccc(CN3C(=O)CCC3=O)cc2)ccc1C. The average molecular weight is 338 g/mol. The Hall–Kier alpha value is -2.82. The van der Waals surface area contributed by atoms with Gasteiger partial charge >= 0.3 is 0 Å². The largest absolute Gasteiger partial charge is 0.496 e. The lowest BCUT2D eigenvalue weighted by molar-refractivity contribution is -0.139. The van der Waals surface area contributed by atoms with Crippen molar-refractivity contribution in [3.63, 3.8) is 0 Å². The van der Waals surface area contributed by atoms with Gasteiger partial charge in [0.25, 0.3) is 0 Å². The minimum Gasteiger partial charge on any atom is -0.496 e. The van der Waals surface area contributed by atoms with Gasteiger partial charge in [-0.3, -0.25) is 14.5 Å². The van der Waals surface area contributed by atoms with Crippen LogP contribution in [0.25, 0.3) is 0 Å². The van der Waals surface area contributed by atoms with E-state index in [9.17, 15) is 9.59 Å². The van der Waals surface area contributed by atoms with Crippen molar-refractivity contribution in [2.75, 3.05) is 12.4 Å². The highest BCUT2D eigenvalue weighted by atomic mass is 16.5. The van der Waals surface area contributed by atoms with Crippen LogP contribution in [0.1, 0.15) is 29.5 Å². The third kappa shape index (κ3) is 3.99. The van der Waals surface area contributed by atoms with Gasteiger partial charge in [0.15, 0.2) is 0 Å². The van der Waals surface area contributed by atoms with E-state index >= 15 is 0 Å². The number of benzene rings is 2. The summed E-state index contributed by atoms with van der Waals surface area (Å²) in [6, 6.07) is 14.0. The zero-order valence-corrected chi connectivity index (χ0v) is 14.5. The third-order valence-electron chi connectivity index (χ3n) is 4.42. The summed E-state index contributed by atoms with van der Waals surface area (Å²) in [6.07, 6.45) is 0.664. The first-order valence-corrected chi connectivity index (χ1v) is 8.36. The Balaban J connectivity index is 1.59. The van der Waals surface area contributed by atoms with Gasteiger partial charge < -0.3 is 10.1 Å². The molecular weight excluding hydrogens is 316 g/mol. The number of methoxy groups -OCH3 is 1. The Morgan fingerprint density at radius 1 is 1.00 bits per heavy atom. The van der Waals surface area contributed by atoms with Gasteiger partial charge in [-0.25, -0.2) is 0 Å². The molecule has 130 valence electrons. The van der Waals surface area contributed by atoms with E-state index in [1.54, 1.807) is 7.11 Å². The highest BCUT2D eigenvalue weighted by Crippen LogP contribution is 2.21. The van der Waals surface area contributed by atoms with Gasteiger partial charge in [0, 0.05) is 25.1 Å². The molecule has 0 unspecified atom stereocenters. The number of hydrogen-bond donors (Lipinski definition) is 1. The van der Waals surface area contributed by atoms with Crippen LogP contribution in [0.2, 0.25) is 0 Å². The molecule has 2 amide bonds. The zero-order valence-electron chi connectivity index (χ0n) is 14.5. The molecule has 2 aromatic rings. The first-order valence-electron chi connectivity index (χ1n) is 8.36. The van der Waals surface area contributed by atoms with E-state index in [4.69, 9.17) is 4.74 Å². The van der Waals surface area contributed by atoms with E-state index in [1.165, 1.54) is 4.90 Å². The van der Waals surface area contributed by atoms with Crippen molar-refractivity contribution < 1.29 is 14.3 Å². The molecule has 5 nitrogen and oxygen atoms in total. The predicted octanol–water partition coefficient (Wildman–Crippen LogP) is 3.26. The Morgan fingerprint density at radius 2 is 1.64 bits per heavy atom. The molecule has 0 spiro atoms. The second-order valence-electron chi connectivity index (χ2n) is 6.23. The third-order valence-corrected chi connectivity index (χ3v) is 4.42. The molecule has 3 rings (SSSR count). The van der Waals surface area contributed by atoms with Crippen molar-refractivity contribution in [2.24, 2.45) is 0 Å². The number of carbonyl (C=O) groups excluding carboxylic acids is 2. The monoisotopic (exact) mass is 338 g/mol. The van der Waals surface area contributed by atoms with Crippen LogP contribution in [0.4, 0.5) is 5.69 Å². The molecule has 0 radical (unpaired) electrons. The summed E-state index contributed by atoms with van der Waals surface area (Å²) in [4.78, 5) is 24.7. The number of likely N-dealkylation sites (tertiary alicyclic amines) is 1. The number of rotatable bonds is 6. The molecule has 0 atom stereocenters. The second-order valence-corrected chi connectivity index (χ2v) is 6.23. The topological polar surface area (TPSA) is 58.6 Å². The number of aryl methyl sites for hydroxylation is 1. The molecule has 1 aliphatic rings. The van der Waals surface area contributed by atoms with Crippen molar-refractivity contribution in [1.29, 1.82) is 0 Å². The molecule has 0 aromatic heterocycles.